The number of hydrogen-bond acceptors (Lipinski definition) is 3. The topological polar surface area (TPSA) is 89.6 Å². The molecule has 5 nitrogen and oxygen atoms in total. The quantitative estimate of drug-likeness (QED) is 0.849. The van der Waals surface area contributed by atoms with Gasteiger partial charge in [0.15, 0.2) is 0 Å². The largest absolute Gasteiger partial charge is 0.489 e. The van der Waals surface area contributed by atoms with Crippen molar-refractivity contribution in [3.8, 4) is 5.75 Å². The Bertz CT molecular complexity index is 667. The van der Waals surface area contributed by atoms with Gasteiger partial charge in [0.05, 0.1) is 6.42 Å². The van der Waals surface area contributed by atoms with Crippen LogP contribution in [0.25, 0.3) is 0 Å². The fourth-order valence-corrected chi connectivity index (χ4v) is 1.93. The summed E-state index contributed by atoms with van der Waals surface area (Å²) in [6.45, 7) is 0.228. The molecule has 0 fully saturated rings. The number of benzene rings is 2. The number of amides is 1. The Balaban J connectivity index is 2.11. The van der Waals surface area contributed by atoms with Gasteiger partial charge in [0.25, 0.3) is 0 Å². The lowest BCUT2D eigenvalue weighted by Gasteiger charge is -2.10. The Morgan fingerprint density at radius 3 is 2.43 bits per heavy atom. The monoisotopic (exact) mass is 285 g/mol. The SMILES string of the molecule is NC(=O)c1cccc(OCc2ccccc2CC(=O)O)c1. The number of carboxylic acid groups (broad SMARTS) is 1. The third kappa shape index (κ3) is 4.07. The Morgan fingerprint density at radius 2 is 1.76 bits per heavy atom. The minimum Gasteiger partial charge on any atom is -0.489 e. The van der Waals surface area contributed by atoms with Crippen molar-refractivity contribution in [3.05, 3.63) is 65.2 Å². The molecule has 3 N–H and O–H groups in total. The second-order valence-electron chi connectivity index (χ2n) is 4.52. The summed E-state index contributed by atoms with van der Waals surface area (Å²) in [5.41, 5.74) is 7.08. The number of carboxylic acids is 1. The van der Waals surface area contributed by atoms with E-state index in [4.69, 9.17) is 15.6 Å². The second kappa shape index (κ2) is 6.56. The first-order chi connectivity index (χ1) is 10.1. The van der Waals surface area contributed by atoms with Crippen LogP contribution in [0.15, 0.2) is 48.5 Å². The smallest absolute Gasteiger partial charge is 0.307 e. The summed E-state index contributed by atoms with van der Waals surface area (Å²) in [6.07, 6.45) is -0.0547. The van der Waals surface area contributed by atoms with Crippen molar-refractivity contribution in [2.75, 3.05) is 0 Å². The number of ether oxygens (including phenoxy) is 1. The van der Waals surface area contributed by atoms with Crippen molar-refractivity contribution < 1.29 is 19.4 Å². The van der Waals surface area contributed by atoms with Crippen LogP contribution in [0.2, 0.25) is 0 Å². The number of hydrogen-bond donors (Lipinski definition) is 2. The van der Waals surface area contributed by atoms with Crippen LogP contribution in [0, 0.1) is 0 Å². The minimum absolute atomic E-state index is 0.0547. The Kier molecular flexibility index (Phi) is 4.56. The Morgan fingerprint density at radius 1 is 1.05 bits per heavy atom. The van der Waals surface area contributed by atoms with Crippen molar-refractivity contribution in [2.24, 2.45) is 5.73 Å². The van der Waals surface area contributed by atoms with Gasteiger partial charge in [-0.25, -0.2) is 0 Å². The molecule has 2 aromatic rings. The van der Waals surface area contributed by atoms with Gasteiger partial charge in [-0.1, -0.05) is 30.3 Å². The Hall–Kier alpha value is -2.82. The molecule has 0 atom stereocenters. The highest BCUT2D eigenvalue weighted by Gasteiger charge is 2.07. The van der Waals surface area contributed by atoms with E-state index in [1.165, 1.54) is 0 Å². The minimum atomic E-state index is -0.891. The molecule has 2 aromatic carbocycles. The van der Waals surface area contributed by atoms with E-state index < -0.39 is 11.9 Å². The van der Waals surface area contributed by atoms with Crippen molar-refractivity contribution in [1.29, 1.82) is 0 Å². The Labute approximate surface area is 122 Å². The molecule has 0 heterocycles. The van der Waals surface area contributed by atoms with E-state index in [1.54, 1.807) is 36.4 Å². The van der Waals surface area contributed by atoms with E-state index in [9.17, 15) is 9.59 Å². The summed E-state index contributed by atoms with van der Waals surface area (Å²) in [5.74, 6) is -0.902. The maximum atomic E-state index is 11.1. The van der Waals surface area contributed by atoms with Crippen LogP contribution in [0.3, 0.4) is 0 Å². The van der Waals surface area contributed by atoms with Crippen molar-refractivity contribution in [2.45, 2.75) is 13.0 Å². The molecule has 0 aliphatic heterocycles. The highest BCUT2D eigenvalue weighted by atomic mass is 16.5. The lowest BCUT2D eigenvalue weighted by atomic mass is 10.1. The van der Waals surface area contributed by atoms with Gasteiger partial charge >= 0.3 is 5.97 Å². The van der Waals surface area contributed by atoms with Crippen molar-refractivity contribution in [1.82, 2.24) is 0 Å². The van der Waals surface area contributed by atoms with Crippen LogP contribution in [0.5, 0.6) is 5.75 Å². The van der Waals surface area contributed by atoms with Crippen LogP contribution in [-0.4, -0.2) is 17.0 Å². The average Bonchev–Trinajstić information content (AvgIpc) is 2.46. The molecule has 2 rings (SSSR count). The molecule has 0 saturated heterocycles. The zero-order valence-corrected chi connectivity index (χ0v) is 11.3. The fraction of sp³-hybridized carbons (Fsp3) is 0.125. The molecule has 0 aromatic heterocycles. The van der Waals surface area contributed by atoms with Gasteiger partial charge < -0.3 is 15.6 Å². The van der Waals surface area contributed by atoms with Gasteiger partial charge in [-0.2, -0.15) is 0 Å². The highest BCUT2D eigenvalue weighted by molar-refractivity contribution is 5.93. The molecule has 5 heteroatoms. The first-order valence-electron chi connectivity index (χ1n) is 6.37. The van der Waals surface area contributed by atoms with Gasteiger partial charge in [-0.3, -0.25) is 9.59 Å². The molecule has 0 saturated carbocycles. The number of primary amides is 1. The zero-order chi connectivity index (χ0) is 15.2. The third-order valence-electron chi connectivity index (χ3n) is 2.97. The summed E-state index contributed by atoms with van der Waals surface area (Å²) in [4.78, 5) is 21.9. The molecule has 0 spiro atoms. The molecule has 1 amide bonds. The first kappa shape index (κ1) is 14.6. The average molecular weight is 285 g/mol. The van der Waals surface area contributed by atoms with Gasteiger partial charge in [0.1, 0.15) is 12.4 Å². The van der Waals surface area contributed by atoms with E-state index in [1.807, 2.05) is 12.1 Å². The van der Waals surface area contributed by atoms with Crippen LogP contribution in [0.4, 0.5) is 0 Å². The molecule has 0 radical (unpaired) electrons. The standard InChI is InChI=1S/C16H15NO4/c17-16(20)12-6-3-7-14(8-12)21-10-13-5-2-1-4-11(13)9-15(18)19/h1-8H,9-10H2,(H2,17,20)(H,18,19). The van der Waals surface area contributed by atoms with Crippen molar-refractivity contribution >= 4 is 11.9 Å². The van der Waals surface area contributed by atoms with Crippen molar-refractivity contribution in [3.63, 3.8) is 0 Å². The lowest BCUT2D eigenvalue weighted by molar-refractivity contribution is -0.136. The molecule has 0 bridgehead atoms. The van der Waals surface area contributed by atoms with E-state index >= 15 is 0 Å². The van der Waals surface area contributed by atoms with E-state index in [-0.39, 0.29) is 13.0 Å². The number of aliphatic carboxylic acids is 1. The van der Waals surface area contributed by atoms with Gasteiger partial charge in [-0.15, -0.1) is 0 Å². The normalized spacial score (nSPS) is 10.1. The summed E-state index contributed by atoms with van der Waals surface area (Å²) in [6, 6.07) is 13.7. The van der Waals surface area contributed by atoms with E-state index in [0.29, 0.717) is 16.9 Å². The molecular weight excluding hydrogens is 270 g/mol. The first-order valence-corrected chi connectivity index (χ1v) is 6.37. The van der Waals surface area contributed by atoms with Crippen LogP contribution >= 0.6 is 0 Å². The van der Waals surface area contributed by atoms with Gasteiger partial charge in [0.2, 0.25) is 5.91 Å². The number of carbonyl (C=O) groups is 2. The molecule has 0 aliphatic rings. The summed E-state index contributed by atoms with van der Waals surface area (Å²) >= 11 is 0. The maximum absolute atomic E-state index is 11.1. The van der Waals surface area contributed by atoms with E-state index in [0.717, 1.165) is 5.56 Å². The molecule has 0 unspecified atom stereocenters. The molecule has 21 heavy (non-hydrogen) atoms. The maximum Gasteiger partial charge on any atom is 0.307 e. The van der Waals surface area contributed by atoms with Gasteiger partial charge in [0, 0.05) is 5.56 Å². The van der Waals surface area contributed by atoms with Crippen LogP contribution < -0.4 is 10.5 Å². The third-order valence-corrected chi connectivity index (χ3v) is 2.97. The number of nitrogens with two attached hydrogens (primary N) is 1. The highest BCUT2D eigenvalue weighted by Crippen LogP contribution is 2.17. The lowest BCUT2D eigenvalue weighted by Crippen LogP contribution is -2.11. The van der Waals surface area contributed by atoms with Crippen LogP contribution in [0.1, 0.15) is 21.5 Å². The predicted molar refractivity (Wildman–Crippen MR) is 77.1 cm³/mol. The molecule has 108 valence electrons. The fourth-order valence-electron chi connectivity index (χ4n) is 1.93. The predicted octanol–water partition coefficient (Wildman–Crippen LogP) is 1.99. The number of rotatable bonds is 6. The number of carbonyl (C=O) groups excluding carboxylic acids is 1. The van der Waals surface area contributed by atoms with E-state index in [2.05, 4.69) is 0 Å². The summed E-state index contributed by atoms with van der Waals surface area (Å²) in [5, 5.41) is 8.88. The summed E-state index contributed by atoms with van der Waals surface area (Å²) < 4.78 is 5.60. The second-order valence-corrected chi connectivity index (χ2v) is 4.52. The molecule has 0 aliphatic carbocycles. The van der Waals surface area contributed by atoms with Gasteiger partial charge in [-0.05, 0) is 29.3 Å². The summed E-state index contributed by atoms with van der Waals surface area (Å²) in [7, 11) is 0. The zero-order valence-electron chi connectivity index (χ0n) is 11.3. The molecular formula is C16H15NO4. The van der Waals surface area contributed by atoms with Crippen LogP contribution in [-0.2, 0) is 17.8 Å².